The van der Waals surface area contributed by atoms with Crippen molar-refractivity contribution < 1.29 is 14.7 Å². The van der Waals surface area contributed by atoms with Crippen molar-refractivity contribution in [1.82, 2.24) is 0 Å². The van der Waals surface area contributed by atoms with Crippen LogP contribution in [-0.2, 0) is 0 Å². The molecule has 124 valence electrons. The lowest BCUT2D eigenvalue weighted by Crippen LogP contribution is -2.19. The molecule has 2 aromatic rings. The quantitative estimate of drug-likeness (QED) is 0.902. The van der Waals surface area contributed by atoms with Crippen LogP contribution in [0.2, 0.25) is 0 Å². The zero-order valence-corrected chi connectivity index (χ0v) is 13.6. The number of benzene rings is 2. The Bertz CT molecular complexity index is 780. The lowest BCUT2D eigenvalue weighted by atomic mass is 10.1. The lowest BCUT2D eigenvalue weighted by molar-refractivity contribution is 0.0698. The second-order valence-corrected chi connectivity index (χ2v) is 6.00. The predicted octanol–water partition coefficient (Wildman–Crippen LogP) is 3.55. The molecule has 0 radical (unpaired) electrons. The topological polar surface area (TPSA) is 69.6 Å². The van der Waals surface area contributed by atoms with Gasteiger partial charge in [-0.3, -0.25) is 4.79 Å². The third kappa shape index (κ3) is 3.25. The van der Waals surface area contributed by atoms with Gasteiger partial charge in [-0.15, -0.1) is 0 Å². The van der Waals surface area contributed by atoms with Gasteiger partial charge in [-0.05, 0) is 49.6 Å². The van der Waals surface area contributed by atoms with Crippen LogP contribution in [-0.4, -0.2) is 30.1 Å². The molecule has 0 bridgehead atoms. The second kappa shape index (κ2) is 6.74. The lowest BCUT2D eigenvalue weighted by Gasteiger charge is -2.19. The van der Waals surface area contributed by atoms with E-state index in [1.165, 1.54) is 0 Å². The summed E-state index contributed by atoms with van der Waals surface area (Å²) in [5, 5.41) is 12.2. The van der Waals surface area contributed by atoms with E-state index in [1.54, 1.807) is 24.3 Å². The number of aromatic carboxylic acids is 1. The van der Waals surface area contributed by atoms with Crippen LogP contribution in [0.4, 0.5) is 11.4 Å². The number of hydrogen-bond donors (Lipinski definition) is 2. The van der Waals surface area contributed by atoms with Gasteiger partial charge in [-0.1, -0.05) is 18.2 Å². The third-order valence-corrected chi connectivity index (χ3v) is 4.34. The smallest absolute Gasteiger partial charge is 0.337 e. The summed E-state index contributed by atoms with van der Waals surface area (Å²) in [5.74, 6) is -1.35. The summed E-state index contributed by atoms with van der Waals surface area (Å²) in [6.45, 7) is 3.73. The molecule has 1 amide bonds. The van der Waals surface area contributed by atoms with E-state index in [1.807, 2.05) is 25.1 Å². The minimum atomic E-state index is -1.05. The van der Waals surface area contributed by atoms with E-state index in [2.05, 4.69) is 10.2 Å². The minimum absolute atomic E-state index is 0.112. The summed E-state index contributed by atoms with van der Waals surface area (Å²) in [4.78, 5) is 26.2. The summed E-state index contributed by atoms with van der Waals surface area (Å²) < 4.78 is 0. The number of carbonyl (C=O) groups excluding carboxylic acids is 1. The molecule has 0 aromatic heterocycles. The number of hydrogen-bond acceptors (Lipinski definition) is 3. The molecule has 0 unspecified atom stereocenters. The molecule has 0 spiro atoms. The fourth-order valence-electron chi connectivity index (χ4n) is 3.01. The number of nitrogens with zero attached hydrogens (tertiary/aromatic N) is 1. The van der Waals surface area contributed by atoms with E-state index in [0.29, 0.717) is 11.3 Å². The highest BCUT2D eigenvalue weighted by molar-refractivity contribution is 6.08. The summed E-state index contributed by atoms with van der Waals surface area (Å²) in [6, 6.07) is 12.4. The first kappa shape index (κ1) is 16.1. The zero-order chi connectivity index (χ0) is 17.1. The van der Waals surface area contributed by atoms with Crippen molar-refractivity contribution in [3.63, 3.8) is 0 Å². The van der Waals surface area contributed by atoms with Crippen LogP contribution in [0.1, 0.15) is 39.1 Å². The highest BCUT2D eigenvalue weighted by Gasteiger charge is 2.18. The first-order valence-corrected chi connectivity index (χ1v) is 8.05. The van der Waals surface area contributed by atoms with Gasteiger partial charge in [0.15, 0.2) is 0 Å². The van der Waals surface area contributed by atoms with Crippen LogP contribution >= 0.6 is 0 Å². The Hall–Kier alpha value is -2.82. The van der Waals surface area contributed by atoms with Gasteiger partial charge in [-0.2, -0.15) is 0 Å². The van der Waals surface area contributed by atoms with E-state index < -0.39 is 5.97 Å². The molecule has 0 atom stereocenters. The van der Waals surface area contributed by atoms with Gasteiger partial charge in [-0.25, -0.2) is 4.79 Å². The summed E-state index contributed by atoms with van der Waals surface area (Å²) in [7, 11) is 0. The second-order valence-electron chi connectivity index (χ2n) is 6.00. The number of nitrogens with one attached hydrogen (secondary N) is 1. The molecule has 0 saturated carbocycles. The zero-order valence-electron chi connectivity index (χ0n) is 13.6. The maximum Gasteiger partial charge on any atom is 0.337 e. The van der Waals surface area contributed by atoms with E-state index in [0.717, 1.165) is 37.2 Å². The van der Waals surface area contributed by atoms with Gasteiger partial charge in [0.05, 0.1) is 11.3 Å². The van der Waals surface area contributed by atoms with E-state index in [9.17, 15) is 14.7 Å². The summed E-state index contributed by atoms with van der Waals surface area (Å²) >= 11 is 0. The molecule has 5 nitrogen and oxygen atoms in total. The Balaban J connectivity index is 1.88. The van der Waals surface area contributed by atoms with Crippen molar-refractivity contribution in [2.75, 3.05) is 23.3 Å². The predicted molar refractivity (Wildman–Crippen MR) is 94.0 cm³/mol. The molecule has 1 aliphatic rings. The first-order valence-electron chi connectivity index (χ1n) is 8.05. The highest BCUT2D eigenvalue weighted by Crippen LogP contribution is 2.26. The van der Waals surface area contributed by atoms with Gasteiger partial charge >= 0.3 is 5.97 Å². The number of amides is 1. The molecule has 0 aliphatic carbocycles. The molecule has 1 fully saturated rings. The molecule has 3 rings (SSSR count). The average Bonchev–Trinajstić information content (AvgIpc) is 3.09. The molecule has 2 aromatic carbocycles. The number of aryl methyl sites for hydroxylation is 1. The molecular formula is C19H20N2O3. The first-order chi connectivity index (χ1) is 11.6. The fraction of sp³-hybridized carbons (Fsp3) is 0.263. The van der Waals surface area contributed by atoms with E-state index in [-0.39, 0.29) is 11.5 Å². The number of carboxylic acid groups (broad SMARTS) is 1. The summed E-state index contributed by atoms with van der Waals surface area (Å²) in [6.07, 6.45) is 2.24. The monoisotopic (exact) mass is 324 g/mol. The number of carboxylic acids is 1. The maximum atomic E-state index is 12.4. The van der Waals surface area contributed by atoms with E-state index >= 15 is 0 Å². The van der Waals surface area contributed by atoms with Gasteiger partial charge in [0, 0.05) is 24.3 Å². The number of anilines is 2. The van der Waals surface area contributed by atoms with Crippen LogP contribution in [0, 0.1) is 6.92 Å². The minimum Gasteiger partial charge on any atom is -0.478 e. The average molecular weight is 324 g/mol. The Morgan fingerprint density at radius 1 is 1.04 bits per heavy atom. The van der Waals surface area contributed by atoms with Crippen LogP contribution in [0.5, 0.6) is 0 Å². The Morgan fingerprint density at radius 3 is 2.42 bits per heavy atom. The van der Waals surface area contributed by atoms with Crippen LogP contribution in [0.25, 0.3) is 0 Å². The van der Waals surface area contributed by atoms with Crippen LogP contribution in [0.15, 0.2) is 42.5 Å². The Labute approximate surface area is 140 Å². The molecule has 24 heavy (non-hydrogen) atoms. The molecule has 2 N–H and O–H groups in total. The van der Waals surface area contributed by atoms with Crippen LogP contribution < -0.4 is 10.2 Å². The van der Waals surface area contributed by atoms with Crippen molar-refractivity contribution in [3.8, 4) is 0 Å². The normalized spacial score (nSPS) is 13.8. The van der Waals surface area contributed by atoms with Gasteiger partial charge in [0.1, 0.15) is 0 Å². The molecule has 1 heterocycles. The van der Waals surface area contributed by atoms with Crippen molar-refractivity contribution >= 4 is 23.3 Å². The number of rotatable bonds is 4. The molecule has 1 aliphatic heterocycles. The van der Waals surface area contributed by atoms with Crippen molar-refractivity contribution in [2.24, 2.45) is 0 Å². The fourth-order valence-corrected chi connectivity index (χ4v) is 3.01. The van der Waals surface area contributed by atoms with Crippen molar-refractivity contribution in [3.05, 3.63) is 59.2 Å². The molecular weight excluding hydrogens is 304 g/mol. The largest absolute Gasteiger partial charge is 0.478 e. The van der Waals surface area contributed by atoms with Gasteiger partial charge in [0.25, 0.3) is 5.91 Å². The SMILES string of the molecule is Cc1ccccc1C(=O)Nc1ccc(N2CCCC2)cc1C(=O)O. The maximum absolute atomic E-state index is 12.4. The van der Waals surface area contributed by atoms with E-state index in [4.69, 9.17) is 0 Å². The highest BCUT2D eigenvalue weighted by atomic mass is 16.4. The van der Waals surface area contributed by atoms with Gasteiger partial charge in [0.2, 0.25) is 0 Å². The van der Waals surface area contributed by atoms with Crippen LogP contribution in [0.3, 0.4) is 0 Å². The third-order valence-electron chi connectivity index (χ3n) is 4.34. The molecule has 5 heteroatoms. The Morgan fingerprint density at radius 2 is 1.75 bits per heavy atom. The summed E-state index contributed by atoms with van der Waals surface area (Å²) in [5.41, 5.74) is 2.71. The number of carbonyl (C=O) groups is 2. The Kier molecular flexibility index (Phi) is 4.51. The van der Waals surface area contributed by atoms with Gasteiger partial charge < -0.3 is 15.3 Å². The standard InChI is InChI=1S/C19H20N2O3/c1-13-6-2-3-7-15(13)18(22)20-17-9-8-14(12-16(17)19(23)24)21-10-4-5-11-21/h2-3,6-9,12H,4-5,10-11H2,1H3,(H,20,22)(H,23,24). The van der Waals surface area contributed by atoms with Crippen molar-refractivity contribution in [1.29, 1.82) is 0 Å². The van der Waals surface area contributed by atoms with Crippen molar-refractivity contribution in [2.45, 2.75) is 19.8 Å². The molecule has 1 saturated heterocycles.